The van der Waals surface area contributed by atoms with E-state index in [0.717, 1.165) is 17.6 Å². The normalized spacial score (nSPS) is 18.4. The quantitative estimate of drug-likeness (QED) is 0.872. The highest BCUT2D eigenvalue weighted by atomic mass is 32.2. The van der Waals surface area contributed by atoms with Crippen molar-refractivity contribution in [3.8, 4) is 0 Å². The van der Waals surface area contributed by atoms with E-state index in [2.05, 4.69) is 9.71 Å². The molecule has 23 heavy (non-hydrogen) atoms. The lowest BCUT2D eigenvalue weighted by molar-refractivity contribution is -0.118. The molecule has 7 nitrogen and oxygen atoms in total. The molecule has 3 rings (SSSR count). The Kier molecular flexibility index (Phi) is 4.36. The summed E-state index contributed by atoms with van der Waals surface area (Å²) in [6.45, 7) is 2.51. The molecular formula is C15H19N3O4S. The average Bonchev–Trinajstić information content (AvgIpc) is 3.09. The molecule has 0 aliphatic carbocycles. The van der Waals surface area contributed by atoms with Gasteiger partial charge in [0.15, 0.2) is 0 Å². The fourth-order valence-electron chi connectivity index (χ4n) is 2.77. The van der Waals surface area contributed by atoms with E-state index in [1.807, 2.05) is 19.1 Å². The minimum Gasteiger partial charge on any atom is -0.377 e. The Morgan fingerprint density at radius 3 is 3.09 bits per heavy atom. The van der Waals surface area contributed by atoms with Gasteiger partial charge in [0, 0.05) is 19.0 Å². The second-order valence-corrected chi connectivity index (χ2v) is 7.52. The van der Waals surface area contributed by atoms with E-state index in [1.165, 1.54) is 0 Å². The Labute approximate surface area is 134 Å². The first kappa shape index (κ1) is 15.9. The van der Waals surface area contributed by atoms with Gasteiger partial charge in [-0.25, -0.2) is 13.4 Å². The van der Waals surface area contributed by atoms with Crippen molar-refractivity contribution in [2.45, 2.75) is 32.3 Å². The van der Waals surface area contributed by atoms with Crippen LogP contribution in [0.25, 0.3) is 5.65 Å². The molecular weight excluding hydrogens is 318 g/mol. The molecule has 0 spiro atoms. The monoisotopic (exact) mass is 337 g/mol. The van der Waals surface area contributed by atoms with E-state index in [9.17, 15) is 13.2 Å². The Balaban J connectivity index is 1.67. The molecule has 0 saturated carbocycles. The van der Waals surface area contributed by atoms with Crippen molar-refractivity contribution in [3.05, 3.63) is 35.8 Å². The lowest BCUT2D eigenvalue weighted by Gasteiger charge is -2.11. The van der Waals surface area contributed by atoms with E-state index in [4.69, 9.17) is 4.74 Å². The van der Waals surface area contributed by atoms with Gasteiger partial charge in [-0.3, -0.25) is 9.52 Å². The van der Waals surface area contributed by atoms with E-state index in [-0.39, 0.29) is 18.3 Å². The SMILES string of the molecule is Cc1cccn2c(CC(=O)NS(=O)(=O)CC3CCCO3)cnc12. The van der Waals surface area contributed by atoms with Crippen molar-refractivity contribution in [1.82, 2.24) is 14.1 Å². The molecule has 3 heterocycles. The van der Waals surface area contributed by atoms with Gasteiger partial charge in [0.05, 0.1) is 24.0 Å². The van der Waals surface area contributed by atoms with Gasteiger partial charge in [-0.15, -0.1) is 0 Å². The molecule has 1 amide bonds. The number of aryl methyl sites for hydroxylation is 1. The maximum atomic E-state index is 12.1. The summed E-state index contributed by atoms with van der Waals surface area (Å²) < 4.78 is 33.2. The number of carbonyl (C=O) groups excluding carboxylic acids is 1. The molecule has 0 aromatic carbocycles. The Bertz CT molecular complexity index is 822. The summed E-state index contributed by atoms with van der Waals surface area (Å²) >= 11 is 0. The molecule has 1 atom stereocenters. The summed E-state index contributed by atoms with van der Waals surface area (Å²) in [6.07, 6.45) is 4.60. The second kappa shape index (κ2) is 6.29. The summed E-state index contributed by atoms with van der Waals surface area (Å²) in [5, 5.41) is 0. The molecule has 0 bridgehead atoms. The second-order valence-electron chi connectivity index (χ2n) is 5.75. The van der Waals surface area contributed by atoms with Gasteiger partial charge in [-0.05, 0) is 31.4 Å². The van der Waals surface area contributed by atoms with Crippen LogP contribution in [-0.4, -0.2) is 42.2 Å². The molecule has 0 radical (unpaired) electrons. The van der Waals surface area contributed by atoms with Gasteiger partial charge >= 0.3 is 0 Å². The van der Waals surface area contributed by atoms with Crippen molar-refractivity contribution < 1.29 is 17.9 Å². The molecule has 2 aromatic rings. The van der Waals surface area contributed by atoms with Crippen molar-refractivity contribution in [3.63, 3.8) is 0 Å². The minimum absolute atomic E-state index is 0.0463. The van der Waals surface area contributed by atoms with Crippen LogP contribution >= 0.6 is 0 Å². The highest BCUT2D eigenvalue weighted by molar-refractivity contribution is 7.90. The van der Waals surface area contributed by atoms with Crippen LogP contribution in [0.4, 0.5) is 0 Å². The Hall–Kier alpha value is -1.93. The van der Waals surface area contributed by atoms with Crippen molar-refractivity contribution in [2.24, 2.45) is 0 Å². The van der Waals surface area contributed by atoms with Gasteiger partial charge < -0.3 is 9.14 Å². The largest absolute Gasteiger partial charge is 0.377 e. The topological polar surface area (TPSA) is 89.8 Å². The van der Waals surface area contributed by atoms with E-state index < -0.39 is 15.9 Å². The standard InChI is InChI=1S/C15H19N3O4S/c1-11-4-2-6-18-12(9-16-15(11)18)8-14(19)17-23(20,21)10-13-5-3-7-22-13/h2,4,6,9,13H,3,5,7-8,10H2,1H3,(H,17,19). The zero-order chi connectivity index (χ0) is 16.4. The molecule has 1 aliphatic rings. The molecule has 1 aliphatic heterocycles. The number of carbonyl (C=O) groups is 1. The van der Waals surface area contributed by atoms with Gasteiger partial charge in [-0.2, -0.15) is 0 Å². The molecule has 1 N–H and O–H groups in total. The van der Waals surface area contributed by atoms with Crippen LogP contribution in [0.2, 0.25) is 0 Å². The molecule has 8 heteroatoms. The smallest absolute Gasteiger partial charge is 0.239 e. The van der Waals surface area contributed by atoms with Gasteiger partial charge in [0.2, 0.25) is 15.9 Å². The maximum Gasteiger partial charge on any atom is 0.239 e. The summed E-state index contributed by atoms with van der Waals surface area (Å²) in [5.41, 5.74) is 2.40. The van der Waals surface area contributed by atoms with Crippen LogP contribution in [0.1, 0.15) is 24.1 Å². The zero-order valence-corrected chi connectivity index (χ0v) is 13.7. The van der Waals surface area contributed by atoms with E-state index in [0.29, 0.717) is 18.7 Å². The third-order valence-electron chi connectivity index (χ3n) is 3.85. The van der Waals surface area contributed by atoms with Crippen LogP contribution in [0.15, 0.2) is 24.5 Å². The minimum atomic E-state index is -3.68. The number of fused-ring (bicyclic) bond motifs is 1. The fraction of sp³-hybridized carbons (Fsp3) is 0.467. The predicted octanol–water partition coefficient (Wildman–Crippen LogP) is 0.810. The van der Waals surface area contributed by atoms with Crippen LogP contribution in [0.3, 0.4) is 0 Å². The summed E-state index contributed by atoms with van der Waals surface area (Å²) in [5.74, 6) is -0.739. The lowest BCUT2D eigenvalue weighted by Crippen LogP contribution is -2.37. The molecule has 124 valence electrons. The van der Waals surface area contributed by atoms with Crippen molar-refractivity contribution in [1.29, 1.82) is 0 Å². The van der Waals surface area contributed by atoms with E-state index >= 15 is 0 Å². The van der Waals surface area contributed by atoms with Crippen molar-refractivity contribution >= 4 is 21.6 Å². The first-order chi connectivity index (χ1) is 10.9. The van der Waals surface area contributed by atoms with Gasteiger partial charge in [-0.1, -0.05) is 6.07 Å². The Morgan fingerprint density at radius 2 is 2.35 bits per heavy atom. The zero-order valence-electron chi connectivity index (χ0n) is 12.9. The number of hydrogen-bond donors (Lipinski definition) is 1. The van der Waals surface area contributed by atoms with Gasteiger partial charge in [0.25, 0.3) is 0 Å². The van der Waals surface area contributed by atoms with Crippen LogP contribution in [0.5, 0.6) is 0 Å². The van der Waals surface area contributed by atoms with Gasteiger partial charge in [0.1, 0.15) is 5.65 Å². The number of hydrogen-bond acceptors (Lipinski definition) is 5. The van der Waals surface area contributed by atoms with Crippen LogP contribution in [0, 0.1) is 6.92 Å². The number of pyridine rings is 1. The fourth-order valence-corrected chi connectivity index (χ4v) is 4.02. The average molecular weight is 337 g/mol. The number of rotatable bonds is 5. The summed E-state index contributed by atoms with van der Waals surface area (Å²) in [4.78, 5) is 16.3. The highest BCUT2D eigenvalue weighted by Gasteiger charge is 2.25. The third-order valence-corrected chi connectivity index (χ3v) is 5.20. The third kappa shape index (κ3) is 3.70. The maximum absolute atomic E-state index is 12.1. The number of ether oxygens (including phenoxy) is 1. The first-order valence-corrected chi connectivity index (χ1v) is 9.16. The summed E-state index contributed by atoms with van der Waals surface area (Å²) in [6, 6.07) is 3.79. The molecule has 1 unspecified atom stereocenters. The number of imidazole rings is 1. The molecule has 1 fully saturated rings. The molecule has 1 saturated heterocycles. The first-order valence-electron chi connectivity index (χ1n) is 7.51. The molecule has 2 aromatic heterocycles. The highest BCUT2D eigenvalue weighted by Crippen LogP contribution is 2.14. The number of nitrogens with one attached hydrogen (secondary N) is 1. The number of sulfonamides is 1. The lowest BCUT2D eigenvalue weighted by atomic mass is 10.3. The Morgan fingerprint density at radius 1 is 1.52 bits per heavy atom. The number of aromatic nitrogens is 2. The van der Waals surface area contributed by atoms with Crippen LogP contribution < -0.4 is 4.72 Å². The predicted molar refractivity (Wildman–Crippen MR) is 84.5 cm³/mol. The van der Waals surface area contributed by atoms with E-state index in [1.54, 1.807) is 16.8 Å². The number of nitrogens with zero attached hydrogens (tertiary/aromatic N) is 2. The van der Waals surface area contributed by atoms with Crippen molar-refractivity contribution in [2.75, 3.05) is 12.4 Å². The summed E-state index contributed by atoms with van der Waals surface area (Å²) in [7, 11) is -3.68. The number of amides is 1. The van der Waals surface area contributed by atoms with Crippen LogP contribution in [-0.2, 0) is 26.0 Å².